The van der Waals surface area contributed by atoms with E-state index in [1.54, 1.807) is 27.8 Å². The van der Waals surface area contributed by atoms with Gasteiger partial charge in [0.1, 0.15) is 12.2 Å². The summed E-state index contributed by atoms with van der Waals surface area (Å²) in [5, 5.41) is 10.9. The Hall–Kier alpha value is -1.90. The summed E-state index contributed by atoms with van der Waals surface area (Å²) in [5.74, 6) is -0.0919. The molecule has 0 aromatic carbocycles. The number of likely N-dealkylation sites (N-methyl/N-ethyl adjacent to an activating group) is 1. The molecular weight excluding hydrogens is 358 g/mol. The Labute approximate surface area is 136 Å². The number of aromatic nitrogens is 1. The van der Waals surface area contributed by atoms with Crippen LogP contribution >= 0.6 is 15.9 Å². The average Bonchev–Trinajstić information content (AvgIpc) is 2.38. The van der Waals surface area contributed by atoms with Crippen LogP contribution in [-0.4, -0.2) is 46.7 Å². The average molecular weight is 376 g/mol. The highest BCUT2D eigenvalue weighted by Crippen LogP contribution is 2.27. The summed E-state index contributed by atoms with van der Waals surface area (Å²) < 4.78 is 10.9. The highest BCUT2D eigenvalue weighted by Gasteiger charge is 2.21. The Morgan fingerprint density at radius 3 is 2.68 bits per heavy atom. The van der Waals surface area contributed by atoms with E-state index < -0.39 is 16.6 Å². The molecule has 0 saturated heterocycles. The minimum absolute atomic E-state index is 0.0607. The number of hydrogen-bond acceptors (Lipinski definition) is 6. The van der Waals surface area contributed by atoms with Gasteiger partial charge in [-0.25, -0.2) is 9.78 Å². The molecule has 1 rings (SSSR count). The molecule has 0 unspecified atom stereocenters. The third-order valence-electron chi connectivity index (χ3n) is 2.37. The van der Waals surface area contributed by atoms with Gasteiger partial charge in [0, 0.05) is 23.8 Å². The second-order valence-corrected chi connectivity index (χ2v) is 6.40. The van der Waals surface area contributed by atoms with Gasteiger partial charge in [-0.1, -0.05) is 0 Å². The van der Waals surface area contributed by atoms with E-state index in [1.165, 1.54) is 17.2 Å². The third kappa shape index (κ3) is 5.84. The van der Waals surface area contributed by atoms with Crippen molar-refractivity contribution in [3.8, 4) is 5.88 Å². The molecule has 1 aromatic rings. The van der Waals surface area contributed by atoms with Crippen LogP contribution in [0.5, 0.6) is 5.88 Å². The van der Waals surface area contributed by atoms with Crippen molar-refractivity contribution in [3.05, 3.63) is 26.9 Å². The Morgan fingerprint density at radius 1 is 1.50 bits per heavy atom. The molecule has 1 aromatic heterocycles. The van der Waals surface area contributed by atoms with E-state index in [0.29, 0.717) is 4.47 Å². The number of carbonyl (C=O) groups is 1. The normalized spacial score (nSPS) is 11.0. The Morgan fingerprint density at radius 2 is 2.14 bits per heavy atom. The van der Waals surface area contributed by atoms with E-state index in [-0.39, 0.29) is 24.7 Å². The Kier molecular flexibility index (Phi) is 6.10. The fraction of sp³-hybridized carbons (Fsp3) is 0.538. The summed E-state index contributed by atoms with van der Waals surface area (Å²) in [6.07, 6.45) is 0.911. The Balaban J connectivity index is 2.58. The van der Waals surface area contributed by atoms with Crippen LogP contribution in [0.2, 0.25) is 0 Å². The first-order chi connectivity index (χ1) is 10.1. The number of halogens is 1. The molecule has 0 bridgehead atoms. The molecular formula is C13H18BrN3O5. The van der Waals surface area contributed by atoms with Gasteiger partial charge in [-0.15, -0.1) is 0 Å². The number of hydrogen-bond donors (Lipinski definition) is 0. The monoisotopic (exact) mass is 375 g/mol. The van der Waals surface area contributed by atoms with Crippen molar-refractivity contribution in [2.24, 2.45) is 0 Å². The SMILES string of the molecule is CN(CCOc1ncc(Br)cc1[N+](=O)[O-])C(=O)OC(C)(C)C. The van der Waals surface area contributed by atoms with Gasteiger partial charge >= 0.3 is 11.8 Å². The molecule has 0 aliphatic carbocycles. The van der Waals surface area contributed by atoms with Gasteiger partial charge in [0.25, 0.3) is 5.88 Å². The number of ether oxygens (including phenoxy) is 2. The fourth-order valence-electron chi connectivity index (χ4n) is 1.37. The molecule has 0 N–H and O–H groups in total. The van der Waals surface area contributed by atoms with E-state index >= 15 is 0 Å². The lowest BCUT2D eigenvalue weighted by molar-refractivity contribution is -0.386. The van der Waals surface area contributed by atoms with Crippen molar-refractivity contribution in [2.75, 3.05) is 20.2 Å². The van der Waals surface area contributed by atoms with Gasteiger partial charge in [-0.2, -0.15) is 0 Å². The first-order valence-corrected chi connectivity index (χ1v) is 7.26. The van der Waals surface area contributed by atoms with Gasteiger partial charge in [0.05, 0.1) is 11.5 Å². The van der Waals surface area contributed by atoms with Crippen LogP contribution in [0.4, 0.5) is 10.5 Å². The third-order valence-corrected chi connectivity index (χ3v) is 2.80. The topological polar surface area (TPSA) is 94.8 Å². The molecule has 122 valence electrons. The number of amides is 1. The summed E-state index contributed by atoms with van der Waals surface area (Å²) in [6, 6.07) is 1.31. The van der Waals surface area contributed by atoms with Crippen molar-refractivity contribution < 1.29 is 19.2 Å². The summed E-state index contributed by atoms with van der Waals surface area (Å²) in [4.78, 5) is 27.3. The number of nitrogens with zero attached hydrogens (tertiary/aromatic N) is 3. The lowest BCUT2D eigenvalue weighted by Gasteiger charge is -2.24. The highest BCUT2D eigenvalue weighted by molar-refractivity contribution is 9.10. The number of nitro groups is 1. The molecule has 0 atom stereocenters. The van der Waals surface area contributed by atoms with E-state index in [1.807, 2.05) is 0 Å². The first-order valence-electron chi connectivity index (χ1n) is 6.47. The largest absolute Gasteiger partial charge is 0.471 e. The number of rotatable bonds is 5. The zero-order valence-electron chi connectivity index (χ0n) is 12.8. The first kappa shape index (κ1) is 18.1. The predicted molar refractivity (Wildman–Crippen MR) is 83.0 cm³/mol. The summed E-state index contributed by atoms with van der Waals surface area (Å²) >= 11 is 3.11. The minimum atomic E-state index is -0.585. The molecule has 0 fully saturated rings. The molecule has 0 saturated carbocycles. The van der Waals surface area contributed by atoms with Crippen molar-refractivity contribution in [1.82, 2.24) is 9.88 Å². The van der Waals surface area contributed by atoms with Crippen LogP contribution in [0.25, 0.3) is 0 Å². The van der Waals surface area contributed by atoms with Crippen LogP contribution in [0.1, 0.15) is 20.8 Å². The Bertz CT molecular complexity index is 559. The van der Waals surface area contributed by atoms with Crippen molar-refractivity contribution in [2.45, 2.75) is 26.4 Å². The maximum Gasteiger partial charge on any atom is 0.410 e. The van der Waals surface area contributed by atoms with Crippen molar-refractivity contribution in [1.29, 1.82) is 0 Å². The van der Waals surface area contributed by atoms with Gasteiger partial charge in [-0.3, -0.25) is 10.1 Å². The van der Waals surface area contributed by atoms with Gasteiger partial charge in [0.15, 0.2) is 0 Å². The fourth-order valence-corrected chi connectivity index (χ4v) is 1.69. The number of pyridine rings is 1. The molecule has 1 heterocycles. The second kappa shape index (κ2) is 7.39. The van der Waals surface area contributed by atoms with Gasteiger partial charge in [0.2, 0.25) is 0 Å². The minimum Gasteiger partial charge on any atom is -0.471 e. The lowest BCUT2D eigenvalue weighted by atomic mass is 10.2. The zero-order chi connectivity index (χ0) is 16.9. The van der Waals surface area contributed by atoms with Crippen LogP contribution < -0.4 is 4.74 Å². The highest BCUT2D eigenvalue weighted by atomic mass is 79.9. The maximum absolute atomic E-state index is 11.7. The number of carbonyl (C=O) groups excluding carboxylic acids is 1. The molecule has 0 radical (unpaired) electrons. The molecule has 8 nitrogen and oxygen atoms in total. The molecule has 22 heavy (non-hydrogen) atoms. The van der Waals surface area contributed by atoms with Crippen LogP contribution in [0, 0.1) is 10.1 Å². The standard InChI is InChI=1S/C13H18BrN3O5/c1-13(2,3)22-12(18)16(4)5-6-21-11-10(17(19)20)7-9(14)8-15-11/h7-8H,5-6H2,1-4H3. The smallest absolute Gasteiger partial charge is 0.410 e. The van der Waals surface area contributed by atoms with Gasteiger partial charge in [-0.05, 0) is 36.7 Å². The van der Waals surface area contributed by atoms with E-state index in [2.05, 4.69) is 20.9 Å². The predicted octanol–water partition coefficient (Wildman–Crippen LogP) is 3.00. The molecule has 0 aliphatic heterocycles. The van der Waals surface area contributed by atoms with Crippen LogP contribution in [0.3, 0.4) is 0 Å². The van der Waals surface area contributed by atoms with Crippen molar-refractivity contribution >= 4 is 27.7 Å². The van der Waals surface area contributed by atoms with Crippen molar-refractivity contribution in [3.63, 3.8) is 0 Å². The van der Waals surface area contributed by atoms with E-state index in [9.17, 15) is 14.9 Å². The molecule has 0 spiro atoms. The quantitative estimate of drug-likeness (QED) is 0.579. The van der Waals surface area contributed by atoms with E-state index in [0.717, 1.165) is 0 Å². The second-order valence-electron chi connectivity index (χ2n) is 5.49. The molecule has 0 aliphatic rings. The maximum atomic E-state index is 11.7. The van der Waals surface area contributed by atoms with Crippen LogP contribution in [-0.2, 0) is 4.74 Å². The molecule has 1 amide bonds. The zero-order valence-corrected chi connectivity index (χ0v) is 14.4. The molecule has 9 heteroatoms. The summed E-state index contributed by atoms with van der Waals surface area (Å²) in [7, 11) is 1.56. The summed E-state index contributed by atoms with van der Waals surface area (Å²) in [6.45, 7) is 5.58. The lowest BCUT2D eigenvalue weighted by Crippen LogP contribution is -2.36. The summed E-state index contributed by atoms with van der Waals surface area (Å²) in [5.41, 5.74) is -0.826. The van der Waals surface area contributed by atoms with Gasteiger partial charge < -0.3 is 14.4 Å². The van der Waals surface area contributed by atoms with E-state index in [4.69, 9.17) is 9.47 Å². The van der Waals surface area contributed by atoms with Crippen LogP contribution in [0.15, 0.2) is 16.7 Å².